The summed E-state index contributed by atoms with van der Waals surface area (Å²) in [4.78, 5) is 13.9. The molecule has 0 aromatic heterocycles. The number of nitrogens with two attached hydrogens (primary N) is 1. The molecule has 0 radical (unpaired) electrons. The van der Waals surface area contributed by atoms with Gasteiger partial charge in [0, 0.05) is 19.5 Å². The van der Waals surface area contributed by atoms with Crippen molar-refractivity contribution in [3.63, 3.8) is 0 Å². The molecule has 0 aliphatic carbocycles. The first-order valence-electron chi connectivity index (χ1n) is 6.07. The van der Waals surface area contributed by atoms with Crippen LogP contribution in [0.25, 0.3) is 0 Å². The van der Waals surface area contributed by atoms with Crippen molar-refractivity contribution in [2.24, 2.45) is 5.73 Å². The van der Waals surface area contributed by atoms with Crippen LogP contribution in [0.4, 0.5) is 11.4 Å². The fourth-order valence-corrected chi connectivity index (χ4v) is 2.25. The van der Waals surface area contributed by atoms with E-state index in [1.807, 2.05) is 12.1 Å². The number of nitrogens with one attached hydrogen (secondary N) is 1. The first kappa shape index (κ1) is 11.9. The van der Waals surface area contributed by atoms with Crippen LogP contribution in [0.1, 0.15) is 18.4 Å². The average Bonchev–Trinajstić information content (AvgIpc) is 2.46. The van der Waals surface area contributed by atoms with Gasteiger partial charge in [0.05, 0.1) is 11.4 Å². The fraction of sp³-hybridized carbons (Fsp3) is 0.462. The molecular formula is C13H19N3O. The van der Waals surface area contributed by atoms with Gasteiger partial charge in [-0.05, 0) is 31.5 Å². The van der Waals surface area contributed by atoms with Crippen LogP contribution in [0.3, 0.4) is 0 Å². The Morgan fingerprint density at radius 3 is 3.06 bits per heavy atom. The van der Waals surface area contributed by atoms with Crippen LogP contribution >= 0.6 is 0 Å². The molecule has 0 atom stereocenters. The minimum Gasteiger partial charge on any atom is -0.369 e. The molecule has 1 aliphatic heterocycles. The highest BCUT2D eigenvalue weighted by Crippen LogP contribution is 2.32. The van der Waals surface area contributed by atoms with Gasteiger partial charge >= 0.3 is 0 Å². The van der Waals surface area contributed by atoms with Crippen molar-refractivity contribution in [1.29, 1.82) is 0 Å². The Morgan fingerprint density at radius 1 is 1.47 bits per heavy atom. The predicted molar refractivity (Wildman–Crippen MR) is 70.3 cm³/mol. The van der Waals surface area contributed by atoms with Crippen LogP contribution in [0.2, 0.25) is 0 Å². The number of fused-ring (bicyclic) bond motifs is 1. The highest BCUT2D eigenvalue weighted by Gasteiger charge is 2.19. The summed E-state index contributed by atoms with van der Waals surface area (Å²) in [7, 11) is 0. The summed E-state index contributed by atoms with van der Waals surface area (Å²) in [5, 5.41) is 2.96. The number of anilines is 2. The molecule has 92 valence electrons. The van der Waals surface area contributed by atoms with Crippen molar-refractivity contribution in [3.8, 4) is 0 Å². The Kier molecular flexibility index (Phi) is 3.64. The number of hydrogen-bond donors (Lipinski definition) is 2. The van der Waals surface area contributed by atoms with Crippen molar-refractivity contribution in [2.75, 3.05) is 29.9 Å². The Hall–Kier alpha value is -1.55. The summed E-state index contributed by atoms with van der Waals surface area (Å²) < 4.78 is 0. The number of amides is 1. The summed E-state index contributed by atoms with van der Waals surface area (Å²) in [5.41, 5.74) is 8.82. The molecule has 4 nitrogen and oxygen atoms in total. The first-order chi connectivity index (χ1) is 8.22. The lowest BCUT2D eigenvalue weighted by Gasteiger charge is -2.25. The van der Waals surface area contributed by atoms with Crippen molar-refractivity contribution < 1.29 is 4.79 Å². The van der Waals surface area contributed by atoms with E-state index in [1.165, 1.54) is 5.56 Å². The number of benzene rings is 1. The molecule has 17 heavy (non-hydrogen) atoms. The second kappa shape index (κ2) is 5.19. The Bertz CT molecular complexity index is 417. The largest absolute Gasteiger partial charge is 0.369 e. The molecular weight excluding hydrogens is 214 g/mol. The number of carbonyl (C=O) groups excluding carboxylic acids is 1. The van der Waals surface area contributed by atoms with Crippen molar-refractivity contribution >= 4 is 17.3 Å². The Labute approximate surface area is 102 Å². The number of hydrogen-bond acceptors (Lipinski definition) is 3. The van der Waals surface area contributed by atoms with Crippen LogP contribution in [-0.2, 0) is 4.79 Å². The maximum absolute atomic E-state index is 11.6. The molecule has 1 aromatic carbocycles. The van der Waals surface area contributed by atoms with E-state index in [1.54, 1.807) is 0 Å². The van der Waals surface area contributed by atoms with Gasteiger partial charge in [0.1, 0.15) is 0 Å². The maximum atomic E-state index is 11.6. The topological polar surface area (TPSA) is 58.4 Å². The Morgan fingerprint density at radius 2 is 2.29 bits per heavy atom. The SMILES string of the molecule is Cc1cccc2c1N(CCCN)CCC(=O)N2. The van der Waals surface area contributed by atoms with Gasteiger partial charge in [0.15, 0.2) is 0 Å². The van der Waals surface area contributed by atoms with Gasteiger partial charge < -0.3 is 16.0 Å². The molecule has 0 saturated heterocycles. The molecule has 1 amide bonds. The zero-order valence-corrected chi connectivity index (χ0v) is 10.2. The monoisotopic (exact) mass is 233 g/mol. The van der Waals surface area contributed by atoms with Gasteiger partial charge in [-0.1, -0.05) is 12.1 Å². The van der Waals surface area contributed by atoms with E-state index < -0.39 is 0 Å². The summed E-state index contributed by atoms with van der Waals surface area (Å²) in [6, 6.07) is 6.01. The molecule has 2 rings (SSSR count). The third-order valence-corrected chi connectivity index (χ3v) is 3.07. The van der Waals surface area contributed by atoms with Gasteiger partial charge in [-0.2, -0.15) is 0 Å². The predicted octanol–water partition coefficient (Wildman–Crippen LogP) is 1.49. The summed E-state index contributed by atoms with van der Waals surface area (Å²) >= 11 is 0. The zero-order chi connectivity index (χ0) is 12.3. The molecule has 0 bridgehead atoms. The fourth-order valence-electron chi connectivity index (χ4n) is 2.25. The minimum absolute atomic E-state index is 0.0899. The third kappa shape index (κ3) is 2.58. The second-order valence-electron chi connectivity index (χ2n) is 4.40. The summed E-state index contributed by atoms with van der Waals surface area (Å²) in [5.74, 6) is 0.0899. The highest BCUT2D eigenvalue weighted by molar-refractivity contribution is 5.96. The zero-order valence-electron chi connectivity index (χ0n) is 10.2. The molecule has 4 heteroatoms. The van der Waals surface area contributed by atoms with Crippen LogP contribution < -0.4 is 16.0 Å². The van der Waals surface area contributed by atoms with Crippen molar-refractivity contribution in [2.45, 2.75) is 19.8 Å². The van der Waals surface area contributed by atoms with Gasteiger partial charge in [0.2, 0.25) is 5.91 Å². The molecule has 1 heterocycles. The van der Waals surface area contributed by atoms with E-state index in [2.05, 4.69) is 23.2 Å². The molecule has 0 spiro atoms. The number of carbonyl (C=O) groups is 1. The maximum Gasteiger partial charge on any atom is 0.226 e. The molecule has 3 N–H and O–H groups in total. The van der Waals surface area contributed by atoms with E-state index in [0.717, 1.165) is 30.9 Å². The summed E-state index contributed by atoms with van der Waals surface area (Å²) in [6.45, 7) is 4.43. The van der Waals surface area contributed by atoms with Crippen molar-refractivity contribution in [3.05, 3.63) is 23.8 Å². The normalized spacial score (nSPS) is 15.2. The molecule has 1 aliphatic rings. The lowest BCUT2D eigenvalue weighted by atomic mass is 10.1. The van der Waals surface area contributed by atoms with Crippen LogP contribution in [0.5, 0.6) is 0 Å². The Balaban J connectivity index is 2.34. The number of nitrogens with zero attached hydrogens (tertiary/aromatic N) is 1. The minimum atomic E-state index is 0.0899. The van der Waals surface area contributed by atoms with E-state index in [4.69, 9.17) is 5.73 Å². The van der Waals surface area contributed by atoms with Gasteiger partial charge in [-0.25, -0.2) is 0 Å². The second-order valence-corrected chi connectivity index (χ2v) is 4.40. The van der Waals surface area contributed by atoms with Crippen LogP contribution in [-0.4, -0.2) is 25.5 Å². The number of para-hydroxylation sites is 1. The van der Waals surface area contributed by atoms with Gasteiger partial charge in [-0.15, -0.1) is 0 Å². The lowest BCUT2D eigenvalue weighted by molar-refractivity contribution is -0.115. The van der Waals surface area contributed by atoms with Gasteiger partial charge in [-0.3, -0.25) is 4.79 Å². The number of rotatable bonds is 3. The first-order valence-corrected chi connectivity index (χ1v) is 6.07. The van der Waals surface area contributed by atoms with Gasteiger partial charge in [0.25, 0.3) is 0 Å². The smallest absolute Gasteiger partial charge is 0.226 e. The standard InChI is InChI=1S/C13H19N3O/c1-10-4-2-5-11-13(10)16(8-3-7-14)9-6-12(17)15-11/h2,4-5H,3,6-9,14H2,1H3,(H,15,17). The molecule has 1 aromatic rings. The molecule has 0 unspecified atom stereocenters. The van der Waals surface area contributed by atoms with Crippen molar-refractivity contribution in [1.82, 2.24) is 0 Å². The molecule has 0 saturated carbocycles. The third-order valence-electron chi connectivity index (χ3n) is 3.07. The lowest BCUT2D eigenvalue weighted by Crippen LogP contribution is -2.27. The van der Waals surface area contributed by atoms with E-state index >= 15 is 0 Å². The van der Waals surface area contributed by atoms with E-state index in [9.17, 15) is 4.79 Å². The molecule has 0 fully saturated rings. The van der Waals surface area contributed by atoms with Crippen LogP contribution in [0, 0.1) is 6.92 Å². The quantitative estimate of drug-likeness (QED) is 0.831. The van der Waals surface area contributed by atoms with E-state index in [0.29, 0.717) is 13.0 Å². The van der Waals surface area contributed by atoms with Crippen LogP contribution in [0.15, 0.2) is 18.2 Å². The number of aryl methyl sites for hydroxylation is 1. The highest BCUT2D eigenvalue weighted by atomic mass is 16.1. The summed E-state index contributed by atoms with van der Waals surface area (Å²) in [6.07, 6.45) is 1.49. The average molecular weight is 233 g/mol. The van der Waals surface area contributed by atoms with E-state index in [-0.39, 0.29) is 5.91 Å².